The zero-order chi connectivity index (χ0) is 14.4. The molecule has 8 heteroatoms. The fourth-order valence-electron chi connectivity index (χ4n) is 1.49. The first kappa shape index (κ1) is 15.3. The Morgan fingerprint density at radius 3 is 2.63 bits per heavy atom. The molecule has 0 bridgehead atoms. The van der Waals surface area contributed by atoms with Crippen LogP contribution in [0, 0.1) is 0 Å². The highest BCUT2D eigenvalue weighted by molar-refractivity contribution is 7.19. The number of nitrogens with two attached hydrogens (primary N) is 2. The number of rotatable bonds is 7. The minimum absolute atomic E-state index is 0.114. The Bertz CT molecular complexity index is 473. The van der Waals surface area contributed by atoms with E-state index in [4.69, 9.17) is 16.2 Å². The lowest BCUT2D eigenvalue weighted by molar-refractivity contribution is 0.0960. The lowest BCUT2D eigenvalue weighted by atomic mass is 10.2. The second-order valence-corrected chi connectivity index (χ2v) is 4.71. The summed E-state index contributed by atoms with van der Waals surface area (Å²) in [5.74, 6) is -0.975. The molecule has 0 radical (unpaired) electrons. The number of primary amides is 1. The molecule has 19 heavy (non-hydrogen) atoms. The van der Waals surface area contributed by atoms with Crippen LogP contribution in [-0.4, -0.2) is 38.6 Å². The molecule has 0 unspecified atom stereocenters. The van der Waals surface area contributed by atoms with E-state index >= 15 is 0 Å². The molecule has 1 rings (SSSR count). The topological polar surface area (TPSA) is 119 Å². The third kappa shape index (κ3) is 3.58. The van der Waals surface area contributed by atoms with Crippen LogP contribution >= 0.6 is 11.3 Å². The highest BCUT2D eigenvalue weighted by Gasteiger charge is 2.23. The number of carbonyl (C=O) groups excluding carboxylic acids is 2. The number of nitrogen functional groups attached to an aromatic ring is 1. The number of nitrogens with one attached hydrogen (secondary N) is 2. The van der Waals surface area contributed by atoms with Crippen molar-refractivity contribution in [1.82, 2.24) is 5.32 Å². The zero-order valence-electron chi connectivity index (χ0n) is 10.9. The van der Waals surface area contributed by atoms with E-state index in [-0.39, 0.29) is 22.0 Å². The van der Waals surface area contributed by atoms with Crippen molar-refractivity contribution in [3.8, 4) is 0 Å². The van der Waals surface area contributed by atoms with Crippen molar-refractivity contribution in [3.05, 3.63) is 10.4 Å². The highest BCUT2D eigenvalue weighted by Crippen LogP contribution is 2.35. The predicted octanol–water partition coefficient (Wildman–Crippen LogP) is 0.237. The fourth-order valence-corrected chi connectivity index (χ4v) is 2.56. The summed E-state index contributed by atoms with van der Waals surface area (Å²) in [6.07, 6.45) is 0. The fraction of sp³-hybridized carbons (Fsp3) is 0.455. The molecule has 1 heterocycles. The quantitative estimate of drug-likeness (QED) is 0.535. The van der Waals surface area contributed by atoms with Crippen molar-refractivity contribution in [2.45, 2.75) is 6.92 Å². The van der Waals surface area contributed by atoms with Gasteiger partial charge in [-0.15, -0.1) is 11.3 Å². The maximum Gasteiger partial charge on any atom is 0.263 e. The van der Waals surface area contributed by atoms with Gasteiger partial charge in [0, 0.05) is 20.2 Å². The average Bonchev–Trinajstić information content (AvgIpc) is 2.67. The molecule has 7 nitrogen and oxygen atoms in total. The Balaban J connectivity index is 3.05. The molecule has 0 aliphatic heterocycles. The van der Waals surface area contributed by atoms with Crippen LogP contribution < -0.4 is 22.1 Å². The van der Waals surface area contributed by atoms with Crippen LogP contribution in [0.1, 0.15) is 27.0 Å². The third-order valence-electron chi connectivity index (χ3n) is 2.33. The number of anilines is 2. The Labute approximate surface area is 115 Å². The van der Waals surface area contributed by atoms with Gasteiger partial charge in [-0.3, -0.25) is 9.59 Å². The molecule has 0 aromatic carbocycles. The zero-order valence-corrected chi connectivity index (χ0v) is 11.7. The van der Waals surface area contributed by atoms with E-state index in [1.165, 1.54) is 0 Å². The van der Waals surface area contributed by atoms with Gasteiger partial charge >= 0.3 is 0 Å². The Hall–Kier alpha value is -1.80. The average molecular weight is 286 g/mol. The third-order valence-corrected chi connectivity index (χ3v) is 3.49. The van der Waals surface area contributed by atoms with Gasteiger partial charge in [0.2, 0.25) is 0 Å². The van der Waals surface area contributed by atoms with Crippen molar-refractivity contribution >= 4 is 33.8 Å². The highest BCUT2D eigenvalue weighted by atomic mass is 32.1. The maximum atomic E-state index is 11.8. The van der Waals surface area contributed by atoms with Gasteiger partial charge in [0.25, 0.3) is 11.8 Å². The van der Waals surface area contributed by atoms with E-state index in [0.717, 1.165) is 11.3 Å². The van der Waals surface area contributed by atoms with Gasteiger partial charge in [-0.05, 0) is 6.92 Å². The molecule has 2 amide bonds. The second-order valence-electron chi connectivity index (χ2n) is 3.69. The molecule has 0 atom stereocenters. The second kappa shape index (κ2) is 6.95. The first-order valence-corrected chi connectivity index (χ1v) is 6.57. The molecular weight excluding hydrogens is 268 g/mol. The summed E-state index contributed by atoms with van der Waals surface area (Å²) >= 11 is 1.11. The number of thiophene rings is 1. The van der Waals surface area contributed by atoms with Crippen molar-refractivity contribution in [1.29, 1.82) is 0 Å². The van der Waals surface area contributed by atoms with Crippen LogP contribution in [0.25, 0.3) is 0 Å². The smallest absolute Gasteiger partial charge is 0.263 e. The molecule has 0 spiro atoms. The van der Waals surface area contributed by atoms with Crippen LogP contribution in [0.15, 0.2) is 0 Å². The molecule has 0 saturated heterocycles. The first-order chi connectivity index (χ1) is 9.02. The van der Waals surface area contributed by atoms with Gasteiger partial charge in [-0.2, -0.15) is 0 Å². The molecule has 0 saturated carbocycles. The molecule has 1 aromatic rings. The van der Waals surface area contributed by atoms with Gasteiger partial charge in [-0.25, -0.2) is 0 Å². The SMILES string of the molecule is CCNC(=O)c1sc(NCCOC)c(C(N)=O)c1N. The van der Waals surface area contributed by atoms with E-state index in [9.17, 15) is 9.59 Å². The first-order valence-electron chi connectivity index (χ1n) is 5.75. The van der Waals surface area contributed by atoms with E-state index in [1.807, 2.05) is 0 Å². The van der Waals surface area contributed by atoms with Crippen molar-refractivity contribution < 1.29 is 14.3 Å². The largest absolute Gasteiger partial charge is 0.397 e. The maximum absolute atomic E-state index is 11.8. The Morgan fingerprint density at radius 1 is 1.42 bits per heavy atom. The van der Waals surface area contributed by atoms with E-state index in [2.05, 4.69) is 10.6 Å². The number of amides is 2. The predicted molar refractivity (Wildman–Crippen MR) is 75.6 cm³/mol. The standard InChI is InChI=1S/C11H18N4O3S/c1-3-14-10(17)8-7(12)6(9(13)16)11(19-8)15-4-5-18-2/h15H,3-5,12H2,1-2H3,(H2,13,16)(H,14,17). The summed E-state index contributed by atoms with van der Waals surface area (Å²) in [6, 6.07) is 0. The normalized spacial score (nSPS) is 10.2. The van der Waals surface area contributed by atoms with Gasteiger partial charge in [0.1, 0.15) is 9.88 Å². The number of ether oxygens (including phenoxy) is 1. The summed E-state index contributed by atoms with van der Waals surface area (Å²) in [7, 11) is 1.57. The lowest BCUT2D eigenvalue weighted by Crippen LogP contribution is -2.23. The summed E-state index contributed by atoms with van der Waals surface area (Å²) in [5, 5.41) is 6.11. The Morgan fingerprint density at radius 2 is 2.11 bits per heavy atom. The number of methoxy groups -OCH3 is 1. The number of hydrogen-bond acceptors (Lipinski definition) is 6. The summed E-state index contributed by atoms with van der Waals surface area (Å²) < 4.78 is 4.90. The summed E-state index contributed by atoms with van der Waals surface area (Å²) in [5.41, 5.74) is 11.4. The van der Waals surface area contributed by atoms with E-state index in [1.54, 1.807) is 14.0 Å². The monoisotopic (exact) mass is 286 g/mol. The van der Waals surface area contributed by atoms with Crippen LogP contribution in [0.3, 0.4) is 0 Å². The number of hydrogen-bond donors (Lipinski definition) is 4. The van der Waals surface area contributed by atoms with E-state index in [0.29, 0.717) is 24.7 Å². The van der Waals surface area contributed by atoms with Crippen LogP contribution in [0.2, 0.25) is 0 Å². The molecule has 106 valence electrons. The van der Waals surface area contributed by atoms with Gasteiger partial charge < -0.3 is 26.8 Å². The Kier molecular flexibility index (Phi) is 5.58. The number of carbonyl (C=O) groups is 2. The van der Waals surface area contributed by atoms with E-state index < -0.39 is 5.91 Å². The van der Waals surface area contributed by atoms with Crippen LogP contribution in [0.4, 0.5) is 10.7 Å². The molecule has 0 aliphatic rings. The minimum atomic E-state index is -0.663. The van der Waals surface area contributed by atoms with Crippen LogP contribution in [0.5, 0.6) is 0 Å². The van der Waals surface area contributed by atoms with Crippen molar-refractivity contribution in [2.75, 3.05) is 37.9 Å². The lowest BCUT2D eigenvalue weighted by Gasteiger charge is -2.04. The molecule has 1 aromatic heterocycles. The molecule has 0 aliphatic carbocycles. The minimum Gasteiger partial charge on any atom is -0.397 e. The summed E-state index contributed by atoms with van der Waals surface area (Å²) in [6.45, 7) is 3.24. The summed E-state index contributed by atoms with van der Waals surface area (Å²) in [4.78, 5) is 23.5. The molecule has 6 N–H and O–H groups in total. The van der Waals surface area contributed by atoms with Crippen molar-refractivity contribution in [2.24, 2.45) is 5.73 Å². The van der Waals surface area contributed by atoms with Gasteiger partial charge in [-0.1, -0.05) is 0 Å². The van der Waals surface area contributed by atoms with Gasteiger partial charge in [0.05, 0.1) is 17.9 Å². The molecular formula is C11H18N4O3S. The van der Waals surface area contributed by atoms with Gasteiger partial charge in [0.15, 0.2) is 0 Å². The van der Waals surface area contributed by atoms with Crippen molar-refractivity contribution in [3.63, 3.8) is 0 Å². The molecule has 0 fully saturated rings. The van der Waals surface area contributed by atoms with Crippen LogP contribution in [-0.2, 0) is 4.74 Å².